The highest BCUT2D eigenvalue weighted by Gasteiger charge is 2.16. The van der Waals surface area contributed by atoms with E-state index in [2.05, 4.69) is 17.2 Å². The largest absolute Gasteiger partial charge is 0.441 e. The first-order valence-corrected chi connectivity index (χ1v) is 12.4. The van der Waals surface area contributed by atoms with E-state index in [0.29, 0.717) is 23.9 Å². The van der Waals surface area contributed by atoms with E-state index in [0.717, 1.165) is 23.3 Å². The summed E-state index contributed by atoms with van der Waals surface area (Å²) in [5, 5.41) is 2.85. The number of nitrogens with zero attached hydrogens (tertiary/aromatic N) is 1. The van der Waals surface area contributed by atoms with Crippen LogP contribution in [0.25, 0.3) is 11.5 Å². The van der Waals surface area contributed by atoms with Crippen LogP contribution < -0.4 is 5.32 Å². The van der Waals surface area contributed by atoms with Gasteiger partial charge in [-0.15, -0.1) is 0 Å². The van der Waals surface area contributed by atoms with Gasteiger partial charge in [-0.1, -0.05) is 31.0 Å². The number of thioether (sulfide) groups is 1. The molecule has 1 amide bonds. The van der Waals surface area contributed by atoms with E-state index in [9.17, 15) is 9.00 Å². The zero-order valence-electron chi connectivity index (χ0n) is 17.0. The summed E-state index contributed by atoms with van der Waals surface area (Å²) in [7, 11) is -1.31. The molecule has 1 N–H and O–H groups in total. The average molecular weight is 423 g/mol. The summed E-state index contributed by atoms with van der Waals surface area (Å²) in [4.78, 5) is 16.5. The lowest BCUT2D eigenvalue weighted by Crippen LogP contribution is -2.29. The Bertz CT molecular complexity index is 790. The molecule has 7 heteroatoms. The van der Waals surface area contributed by atoms with Crippen LogP contribution in [0.1, 0.15) is 43.2 Å². The van der Waals surface area contributed by atoms with E-state index >= 15 is 0 Å². The Labute approximate surface area is 174 Å². The van der Waals surface area contributed by atoms with Gasteiger partial charge in [-0.3, -0.25) is 9.00 Å². The van der Waals surface area contributed by atoms with Crippen molar-refractivity contribution in [1.82, 2.24) is 10.3 Å². The molecule has 28 heavy (non-hydrogen) atoms. The molecule has 5 nitrogen and oxygen atoms in total. The third kappa shape index (κ3) is 7.80. The molecule has 0 bridgehead atoms. The maximum Gasteiger partial charge on any atom is 0.232 e. The monoisotopic (exact) mass is 422 g/mol. The summed E-state index contributed by atoms with van der Waals surface area (Å²) in [5.41, 5.74) is 2.67. The molecule has 154 valence electrons. The highest BCUT2D eigenvalue weighted by molar-refractivity contribution is 7.99. The van der Waals surface area contributed by atoms with E-state index in [-0.39, 0.29) is 17.4 Å². The molecule has 0 saturated heterocycles. The predicted octanol–water partition coefficient (Wildman–Crippen LogP) is 4.25. The summed E-state index contributed by atoms with van der Waals surface area (Å²) in [6.07, 6.45) is 3.39. The minimum Gasteiger partial charge on any atom is -0.441 e. The van der Waals surface area contributed by atoms with E-state index in [1.54, 1.807) is 0 Å². The fourth-order valence-corrected chi connectivity index (χ4v) is 4.73. The predicted molar refractivity (Wildman–Crippen MR) is 118 cm³/mol. The van der Waals surface area contributed by atoms with E-state index < -0.39 is 10.8 Å². The quantitative estimate of drug-likeness (QED) is 0.518. The van der Waals surface area contributed by atoms with Crippen molar-refractivity contribution in [3.63, 3.8) is 0 Å². The number of rotatable bonds is 12. The van der Waals surface area contributed by atoms with Crippen molar-refractivity contribution in [2.45, 2.75) is 45.8 Å². The summed E-state index contributed by atoms with van der Waals surface area (Å²) >= 11 is 1.92. The molecule has 0 aliphatic carbocycles. The van der Waals surface area contributed by atoms with Crippen LogP contribution in [0.5, 0.6) is 0 Å². The average Bonchev–Trinajstić information content (AvgIpc) is 3.01. The van der Waals surface area contributed by atoms with Gasteiger partial charge in [0, 0.05) is 22.9 Å². The third-order valence-electron chi connectivity index (χ3n) is 4.18. The van der Waals surface area contributed by atoms with Crippen LogP contribution in [-0.2, 0) is 21.3 Å². The molecule has 0 aliphatic rings. The molecule has 0 aliphatic heterocycles. The zero-order valence-corrected chi connectivity index (χ0v) is 18.6. The van der Waals surface area contributed by atoms with Crippen molar-refractivity contribution in [1.29, 1.82) is 0 Å². The van der Waals surface area contributed by atoms with Gasteiger partial charge in [0.15, 0.2) is 0 Å². The summed E-state index contributed by atoms with van der Waals surface area (Å²) in [6, 6.07) is 7.90. The van der Waals surface area contributed by atoms with Crippen LogP contribution in [0.3, 0.4) is 0 Å². The fraction of sp³-hybridized carbons (Fsp3) is 0.524. The van der Waals surface area contributed by atoms with Gasteiger partial charge in [0.2, 0.25) is 11.8 Å². The van der Waals surface area contributed by atoms with Crippen LogP contribution in [0.2, 0.25) is 0 Å². The maximum absolute atomic E-state index is 12.3. The number of carbonyl (C=O) groups is 1. The summed E-state index contributed by atoms with van der Waals surface area (Å²) < 4.78 is 18.1. The molecular formula is C21H30N2O3S2. The van der Waals surface area contributed by atoms with Gasteiger partial charge in [-0.2, -0.15) is 11.8 Å². The van der Waals surface area contributed by atoms with Gasteiger partial charge in [-0.25, -0.2) is 4.98 Å². The van der Waals surface area contributed by atoms with Gasteiger partial charge in [0.05, 0.1) is 11.4 Å². The normalized spacial score (nSPS) is 12.1. The van der Waals surface area contributed by atoms with Crippen molar-refractivity contribution in [3.8, 4) is 11.5 Å². The van der Waals surface area contributed by atoms with Gasteiger partial charge in [-0.05, 0) is 50.3 Å². The molecule has 1 aromatic carbocycles. The second kappa shape index (κ2) is 12.1. The lowest BCUT2D eigenvalue weighted by atomic mass is 10.1. The smallest absolute Gasteiger partial charge is 0.232 e. The van der Waals surface area contributed by atoms with Gasteiger partial charge in [0.1, 0.15) is 11.5 Å². The Balaban J connectivity index is 1.76. The van der Waals surface area contributed by atoms with Crippen molar-refractivity contribution in [2.75, 3.05) is 23.8 Å². The van der Waals surface area contributed by atoms with Crippen molar-refractivity contribution in [3.05, 3.63) is 41.3 Å². The molecule has 1 aromatic heterocycles. The Morgan fingerprint density at radius 3 is 2.79 bits per heavy atom. The van der Waals surface area contributed by atoms with Gasteiger partial charge >= 0.3 is 0 Å². The molecule has 0 saturated carbocycles. The molecular weight excluding hydrogens is 392 g/mol. The molecule has 0 radical (unpaired) electrons. The highest BCUT2D eigenvalue weighted by atomic mass is 32.2. The van der Waals surface area contributed by atoms with Crippen LogP contribution in [0.15, 0.2) is 28.7 Å². The molecule has 0 unspecified atom stereocenters. The first kappa shape index (κ1) is 22.7. The minimum atomic E-state index is -1.31. The summed E-state index contributed by atoms with van der Waals surface area (Å²) in [6.45, 7) is 6.65. The van der Waals surface area contributed by atoms with Crippen molar-refractivity contribution >= 4 is 28.5 Å². The van der Waals surface area contributed by atoms with Crippen molar-refractivity contribution in [2.24, 2.45) is 0 Å². The maximum atomic E-state index is 12.3. The van der Waals surface area contributed by atoms with E-state index in [4.69, 9.17) is 4.42 Å². The number of amides is 1. The number of unbranched alkanes of at least 4 members (excludes halogenated alkanes) is 1. The molecule has 1 atom stereocenters. The second-order valence-electron chi connectivity index (χ2n) is 6.79. The number of oxazole rings is 1. The molecule has 2 aromatic rings. The number of aromatic nitrogens is 1. The van der Waals surface area contributed by atoms with E-state index in [1.807, 2.05) is 49.9 Å². The Hall–Kier alpha value is -1.60. The fourth-order valence-electron chi connectivity index (χ4n) is 2.61. The first-order valence-electron chi connectivity index (χ1n) is 9.72. The number of hydrogen-bond donors (Lipinski definition) is 1. The number of nitrogens with one attached hydrogen (secondary N) is 1. The lowest BCUT2D eigenvalue weighted by Gasteiger charge is -2.05. The number of benzene rings is 1. The van der Waals surface area contributed by atoms with E-state index in [1.165, 1.54) is 18.6 Å². The molecule has 2 rings (SSSR count). The summed E-state index contributed by atoms with van der Waals surface area (Å²) in [5.74, 6) is 3.44. The lowest BCUT2D eigenvalue weighted by molar-refractivity contribution is -0.118. The number of carbonyl (C=O) groups excluding carboxylic acids is 1. The number of hydrogen-bond acceptors (Lipinski definition) is 5. The van der Waals surface area contributed by atoms with Crippen molar-refractivity contribution < 1.29 is 13.4 Å². The zero-order chi connectivity index (χ0) is 20.4. The van der Waals surface area contributed by atoms with Crippen LogP contribution >= 0.6 is 11.8 Å². The van der Waals surface area contributed by atoms with Gasteiger partial charge in [0.25, 0.3) is 0 Å². The van der Waals surface area contributed by atoms with Gasteiger partial charge < -0.3 is 9.73 Å². The molecule has 0 spiro atoms. The third-order valence-corrected chi connectivity index (χ3v) is 6.51. The second-order valence-corrected chi connectivity index (χ2v) is 9.47. The Kier molecular flexibility index (Phi) is 9.78. The Morgan fingerprint density at radius 2 is 2.04 bits per heavy atom. The molecule has 0 fully saturated rings. The highest BCUT2D eigenvalue weighted by Crippen LogP contribution is 2.23. The van der Waals surface area contributed by atoms with Crippen LogP contribution in [-0.4, -0.2) is 38.9 Å². The van der Waals surface area contributed by atoms with Crippen LogP contribution in [0, 0.1) is 13.8 Å². The Morgan fingerprint density at radius 1 is 1.25 bits per heavy atom. The standard InChI is InChI=1S/C21H30N2O3S2/c1-4-5-11-27-12-7-10-22-20(24)15-28(25)14-19-17(3)26-21(23-19)18-9-6-8-16(2)13-18/h6,8-9,13H,4-5,7,10-12,14-15H2,1-3H3,(H,22,24)/t28-/m0/s1. The van der Waals surface area contributed by atoms with Crippen LogP contribution in [0.4, 0.5) is 0 Å². The minimum absolute atomic E-state index is 0.00490. The molecule has 1 heterocycles. The SMILES string of the molecule is CCCCSCCCNC(=O)C[S@@](=O)Cc1nc(-c2cccc(C)c2)oc1C. The number of aryl methyl sites for hydroxylation is 2. The topological polar surface area (TPSA) is 72.2 Å². The first-order chi connectivity index (χ1) is 13.5.